The Balaban J connectivity index is 0.00000176. The molecule has 3 aliphatic rings. The Bertz CT molecular complexity index is 515. The number of hydrogen-bond acceptors (Lipinski definition) is 0. The van der Waals surface area contributed by atoms with E-state index >= 15 is 0 Å². The first-order chi connectivity index (χ1) is 9.64. The Kier molecular flexibility index (Phi) is 7.80. The molecule has 0 amide bonds. The molecule has 0 aromatic carbocycles. The predicted octanol–water partition coefficient (Wildman–Crippen LogP) is 6.88. The summed E-state index contributed by atoms with van der Waals surface area (Å²) in [6, 6.07) is 0. The standard InChI is InChI=1S/C21H31.2CH3.Hf/c1-19(2,3)15-10-11-16(14-15)21(6)13-12-20(4,5)17-8-7-9-18(17)21;;;/h8,10-14,16-18H,7,9H2,1-6H3;2*1H3;/q3*-1;. The van der Waals surface area contributed by atoms with Gasteiger partial charge in [0.2, 0.25) is 0 Å². The van der Waals surface area contributed by atoms with Crippen LogP contribution in [0.5, 0.6) is 0 Å². The van der Waals surface area contributed by atoms with Gasteiger partial charge in [-0.15, -0.1) is 0 Å². The second-order valence-electron chi connectivity index (χ2n) is 9.22. The van der Waals surface area contributed by atoms with E-state index in [1.807, 2.05) is 0 Å². The monoisotopic (exact) mass is 493 g/mol. The van der Waals surface area contributed by atoms with Crippen molar-refractivity contribution in [2.24, 2.45) is 34.0 Å². The molecule has 1 saturated carbocycles. The molecule has 0 bridgehead atoms. The largest absolute Gasteiger partial charge is 0.358 e. The maximum atomic E-state index is 2.60. The van der Waals surface area contributed by atoms with Crippen LogP contribution in [0.3, 0.4) is 0 Å². The molecule has 24 heavy (non-hydrogen) atoms. The second-order valence-corrected chi connectivity index (χ2v) is 9.22. The van der Waals surface area contributed by atoms with Crippen molar-refractivity contribution in [1.29, 1.82) is 0 Å². The molecule has 3 aliphatic carbocycles. The SMILES string of the molecule is CC(C)(C)C1=CC(C2(C)C=CC(C)(C)C3[CH-]CCC32)C=C1.[CH3-].[CH3-].[Hf]. The average Bonchev–Trinajstić information content (AvgIpc) is 3.02. The number of fused-ring (bicyclic) bond motifs is 1. The zero-order chi connectivity index (χ0) is 15.5. The Morgan fingerprint density at radius 1 is 1.08 bits per heavy atom. The van der Waals surface area contributed by atoms with E-state index in [1.54, 1.807) is 0 Å². The minimum absolute atomic E-state index is 0. The Morgan fingerprint density at radius 2 is 1.71 bits per heavy atom. The molecule has 0 spiro atoms. The van der Waals surface area contributed by atoms with Gasteiger partial charge in [-0.25, -0.2) is 0 Å². The van der Waals surface area contributed by atoms with Crippen LogP contribution in [0.4, 0.5) is 0 Å². The Labute approximate surface area is 171 Å². The van der Waals surface area contributed by atoms with Crippen molar-refractivity contribution in [3.05, 3.63) is 57.2 Å². The van der Waals surface area contributed by atoms with Gasteiger partial charge in [0.1, 0.15) is 0 Å². The molecule has 1 fully saturated rings. The van der Waals surface area contributed by atoms with Gasteiger partial charge in [0.15, 0.2) is 0 Å². The number of rotatable bonds is 1. The topological polar surface area (TPSA) is 0 Å². The molecule has 4 unspecified atom stereocenters. The van der Waals surface area contributed by atoms with Crippen LogP contribution in [-0.4, -0.2) is 0 Å². The van der Waals surface area contributed by atoms with E-state index in [0.717, 1.165) is 11.8 Å². The smallest absolute Gasteiger partial charge is 0.00460 e. The fraction of sp³-hybridized carbons (Fsp3) is 0.609. The van der Waals surface area contributed by atoms with Crippen molar-refractivity contribution in [3.63, 3.8) is 0 Å². The molecule has 0 nitrogen and oxygen atoms in total. The Morgan fingerprint density at radius 3 is 2.25 bits per heavy atom. The van der Waals surface area contributed by atoms with Gasteiger partial charge in [-0.1, -0.05) is 84.3 Å². The molecule has 0 radical (unpaired) electrons. The summed E-state index contributed by atoms with van der Waals surface area (Å²) in [7, 11) is 0. The maximum Gasteiger partial charge on any atom is 0.00460 e. The van der Waals surface area contributed by atoms with Crippen LogP contribution in [0.1, 0.15) is 54.4 Å². The number of allylic oxidation sites excluding steroid dienone is 6. The van der Waals surface area contributed by atoms with Gasteiger partial charge in [0, 0.05) is 31.8 Å². The van der Waals surface area contributed by atoms with Crippen molar-refractivity contribution in [3.8, 4) is 0 Å². The first-order valence-electron chi connectivity index (χ1n) is 8.59. The molecule has 4 atom stereocenters. The van der Waals surface area contributed by atoms with Gasteiger partial charge in [-0.2, -0.15) is 12.3 Å². The summed E-state index contributed by atoms with van der Waals surface area (Å²) in [6.07, 6.45) is 17.7. The summed E-state index contributed by atoms with van der Waals surface area (Å²) in [5.74, 6) is 2.11. The van der Waals surface area contributed by atoms with Gasteiger partial charge in [-0.05, 0) is 21.8 Å². The molecule has 136 valence electrons. The average molecular weight is 492 g/mol. The summed E-state index contributed by atoms with van der Waals surface area (Å²) >= 11 is 0. The van der Waals surface area contributed by atoms with E-state index in [2.05, 4.69) is 78.3 Å². The van der Waals surface area contributed by atoms with E-state index in [9.17, 15) is 0 Å². The molecule has 0 saturated heterocycles. The maximum absolute atomic E-state index is 2.60. The van der Waals surface area contributed by atoms with E-state index in [4.69, 9.17) is 0 Å². The summed E-state index contributed by atoms with van der Waals surface area (Å²) in [4.78, 5) is 0. The third-order valence-electron chi connectivity index (χ3n) is 6.29. The Hall–Kier alpha value is 0.0901. The van der Waals surface area contributed by atoms with Crippen molar-refractivity contribution in [2.45, 2.75) is 54.4 Å². The van der Waals surface area contributed by atoms with Gasteiger partial charge >= 0.3 is 0 Å². The normalized spacial score (nSPS) is 36.1. The summed E-state index contributed by atoms with van der Waals surface area (Å²) in [6.45, 7) is 14.3. The van der Waals surface area contributed by atoms with Crippen LogP contribution < -0.4 is 0 Å². The second kappa shape index (κ2) is 7.77. The van der Waals surface area contributed by atoms with Crippen LogP contribution >= 0.6 is 0 Å². The van der Waals surface area contributed by atoms with E-state index in [0.29, 0.717) is 11.3 Å². The van der Waals surface area contributed by atoms with Crippen molar-refractivity contribution in [2.75, 3.05) is 0 Å². The molecule has 0 N–H and O–H groups in total. The molecular weight excluding hydrogens is 455 g/mol. The first-order valence-corrected chi connectivity index (χ1v) is 8.59. The molecule has 0 aromatic heterocycles. The number of hydrogen-bond donors (Lipinski definition) is 0. The molecule has 0 heterocycles. The minimum Gasteiger partial charge on any atom is -0.358 e. The van der Waals surface area contributed by atoms with Gasteiger partial charge in [-0.3, -0.25) is 0 Å². The molecule has 0 aromatic rings. The van der Waals surface area contributed by atoms with E-state index in [-0.39, 0.29) is 51.5 Å². The zero-order valence-corrected chi connectivity index (χ0v) is 20.7. The molecule has 3 rings (SSSR count). The fourth-order valence-corrected chi connectivity index (χ4v) is 4.71. The molecule has 1 heteroatoms. The van der Waals surface area contributed by atoms with Crippen molar-refractivity contribution >= 4 is 0 Å². The third kappa shape index (κ3) is 3.92. The first kappa shape index (κ1) is 24.1. The third-order valence-corrected chi connectivity index (χ3v) is 6.29. The quantitative estimate of drug-likeness (QED) is 0.213. The predicted molar refractivity (Wildman–Crippen MR) is 105 cm³/mol. The van der Waals surface area contributed by atoms with Gasteiger partial charge in [0.25, 0.3) is 0 Å². The van der Waals surface area contributed by atoms with Crippen LogP contribution in [-0.2, 0) is 25.8 Å². The van der Waals surface area contributed by atoms with Crippen molar-refractivity contribution in [1.82, 2.24) is 0 Å². The van der Waals surface area contributed by atoms with E-state index < -0.39 is 0 Å². The van der Waals surface area contributed by atoms with Gasteiger partial charge in [0.05, 0.1) is 0 Å². The van der Waals surface area contributed by atoms with Crippen LogP contribution in [0.2, 0.25) is 0 Å². The summed E-state index contributed by atoms with van der Waals surface area (Å²) < 4.78 is 0. The minimum atomic E-state index is 0. The zero-order valence-electron chi connectivity index (χ0n) is 17.1. The molecular formula is C23H37Hf-3. The summed E-state index contributed by atoms with van der Waals surface area (Å²) in [5, 5.41) is 0. The van der Waals surface area contributed by atoms with E-state index in [1.165, 1.54) is 18.4 Å². The van der Waals surface area contributed by atoms with Crippen molar-refractivity contribution < 1.29 is 25.8 Å². The molecule has 0 aliphatic heterocycles. The van der Waals surface area contributed by atoms with Crippen LogP contribution in [0, 0.1) is 55.3 Å². The van der Waals surface area contributed by atoms with Crippen LogP contribution in [0.25, 0.3) is 0 Å². The van der Waals surface area contributed by atoms with Gasteiger partial charge < -0.3 is 21.3 Å². The summed E-state index contributed by atoms with van der Waals surface area (Å²) in [5.41, 5.74) is 2.39. The fourth-order valence-electron chi connectivity index (χ4n) is 4.71. The van der Waals surface area contributed by atoms with Crippen LogP contribution in [0.15, 0.2) is 36.0 Å².